The van der Waals surface area contributed by atoms with Gasteiger partial charge in [0.1, 0.15) is 0 Å². The molecular formula is HCaNO3. The van der Waals surface area contributed by atoms with Crippen molar-refractivity contribution in [1.29, 1.82) is 0 Å². The summed E-state index contributed by atoms with van der Waals surface area (Å²) in [6, 6.07) is 0. The Balaban J connectivity index is 0. The van der Waals surface area contributed by atoms with Gasteiger partial charge in [0, 0.05) is 37.7 Å². The van der Waals surface area contributed by atoms with Crippen LogP contribution in [-0.4, -0.2) is 48.0 Å². The summed E-state index contributed by atoms with van der Waals surface area (Å²) in [5.74, 6) is 0. The van der Waals surface area contributed by atoms with Crippen LogP contribution in [0.3, 0.4) is 0 Å². The van der Waals surface area contributed by atoms with Crippen LogP contribution >= 0.6 is 0 Å². The SMILES string of the molecule is O=[N+]([O-])O.[Ca]. The van der Waals surface area contributed by atoms with Crippen LogP contribution in [0.25, 0.3) is 0 Å². The maximum absolute atomic E-state index is 8.36. The minimum Gasteiger partial charge on any atom is -0.328 e. The molecule has 5 heteroatoms. The first kappa shape index (κ1) is 9.07. The fourth-order valence-electron chi connectivity index (χ4n) is 0. The first-order valence-corrected chi connectivity index (χ1v) is 0.565. The second kappa shape index (κ2) is 4.46. The molecule has 0 heterocycles. The quantitative estimate of drug-likeness (QED) is 0.250. The third-order valence-corrected chi connectivity index (χ3v) is 0. The van der Waals surface area contributed by atoms with Crippen molar-refractivity contribution in [3.8, 4) is 0 Å². The number of rotatable bonds is 0. The normalized spacial score (nSPS) is 4.80. The second-order valence-electron chi connectivity index (χ2n) is 0.238. The molecule has 0 spiro atoms. The summed E-state index contributed by atoms with van der Waals surface area (Å²) in [7, 11) is 0. The first-order chi connectivity index (χ1) is 1.73. The van der Waals surface area contributed by atoms with Crippen molar-refractivity contribution in [1.82, 2.24) is 0 Å². The van der Waals surface area contributed by atoms with Gasteiger partial charge in [0.05, 0.1) is 0 Å². The molecule has 0 fully saturated rings. The van der Waals surface area contributed by atoms with Crippen molar-refractivity contribution in [2.24, 2.45) is 0 Å². The van der Waals surface area contributed by atoms with E-state index in [1.54, 1.807) is 0 Å². The number of nitrogens with zero attached hydrogens (tertiary/aromatic N) is 1. The van der Waals surface area contributed by atoms with Gasteiger partial charge in [0.15, 0.2) is 0 Å². The Morgan fingerprint density at radius 1 is 1.80 bits per heavy atom. The maximum Gasteiger partial charge on any atom is 0.291 e. The summed E-state index contributed by atoms with van der Waals surface area (Å²) >= 11 is 0. The van der Waals surface area contributed by atoms with Crippen LogP contribution in [0.2, 0.25) is 0 Å². The molecule has 26 valence electrons. The molecule has 0 atom stereocenters. The van der Waals surface area contributed by atoms with Gasteiger partial charge in [-0.1, -0.05) is 0 Å². The summed E-state index contributed by atoms with van der Waals surface area (Å²) < 4.78 is 0. The van der Waals surface area contributed by atoms with Crippen molar-refractivity contribution in [3.05, 3.63) is 10.1 Å². The smallest absolute Gasteiger partial charge is 0.291 e. The van der Waals surface area contributed by atoms with Gasteiger partial charge in [-0.25, -0.2) is 0 Å². The number of hydrogen-bond donors (Lipinski definition) is 1. The zero-order chi connectivity index (χ0) is 3.58. The predicted molar refractivity (Wildman–Crippen MR) is 14.5 cm³/mol. The van der Waals surface area contributed by atoms with E-state index in [1.165, 1.54) is 0 Å². The van der Waals surface area contributed by atoms with Gasteiger partial charge in [-0.2, -0.15) is 0 Å². The molecule has 0 bridgehead atoms. The van der Waals surface area contributed by atoms with E-state index in [0.29, 0.717) is 0 Å². The molecule has 0 saturated carbocycles. The minimum absolute atomic E-state index is 0. The molecule has 4 nitrogen and oxygen atoms in total. The molecule has 0 unspecified atom stereocenters. The molecule has 0 aromatic carbocycles. The van der Waals surface area contributed by atoms with Crippen LogP contribution in [0, 0.1) is 10.1 Å². The van der Waals surface area contributed by atoms with E-state index in [9.17, 15) is 0 Å². The summed E-state index contributed by atoms with van der Waals surface area (Å²) in [4.78, 5) is 8.36. The zero-order valence-corrected chi connectivity index (χ0v) is 4.63. The van der Waals surface area contributed by atoms with Gasteiger partial charge in [0.2, 0.25) is 0 Å². The van der Waals surface area contributed by atoms with Crippen molar-refractivity contribution in [2.75, 3.05) is 0 Å². The van der Waals surface area contributed by atoms with Crippen molar-refractivity contribution < 1.29 is 10.3 Å². The van der Waals surface area contributed by atoms with Gasteiger partial charge in [-0.15, -0.1) is 10.1 Å². The zero-order valence-electron chi connectivity index (χ0n) is 2.42. The Hall–Kier alpha value is 0.460. The van der Waals surface area contributed by atoms with Crippen molar-refractivity contribution >= 4 is 37.7 Å². The van der Waals surface area contributed by atoms with Crippen molar-refractivity contribution in [2.45, 2.75) is 0 Å². The Labute approximate surface area is 57.9 Å². The molecule has 0 aromatic heterocycles. The average Bonchev–Trinajstić information content (AvgIpc) is 0.811. The summed E-state index contributed by atoms with van der Waals surface area (Å²) in [6.07, 6.45) is 0. The van der Waals surface area contributed by atoms with Gasteiger partial charge in [0.25, 0.3) is 5.09 Å². The minimum atomic E-state index is -1.50. The predicted octanol–water partition coefficient (Wildman–Crippen LogP) is -0.729. The first-order valence-electron chi connectivity index (χ1n) is 0.565. The van der Waals surface area contributed by atoms with Crippen LogP contribution in [-0.2, 0) is 0 Å². The Morgan fingerprint density at radius 3 is 1.80 bits per heavy atom. The summed E-state index contributed by atoms with van der Waals surface area (Å²) in [5, 5.41) is 13.6. The second-order valence-corrected chi connectivity index (χ2v) is 0.238. The van der Waals surface area contributed by atoms with E-state index in [-0.39, 0.29) is 37.7 Å². The molecule has 0 rings (SSSR count). The monoisotopic (exact) mass is 103 g/mol. The molecule has 0 aromatic rings. The summed E-state index contributed by atoms with van der Waals surface area (Å²) in [5.41, 5.74) is 0. The maximum atomic E-state index is 8.36. The standard InChI is InChI=1S/Ca.HNO3/c;2-1(3)4/h;(H,2,3,4). The van der Waals surface area contributed by atoms with E-state index in [2.05, 4.69) is 0 Å². The molecule has 5 heavy (non-hydrogen) atoms. The van der Waals surface area contributed by atoms with Gasteiger partial charge in [-0.3, -0.25) is 0 Å². The Morgan fingerprint density at radius 2 is 1.80 bits per heavy atom. The van der Waals surface area contributed by atoms with Crippen LogP contribution in [0.5, 0.6) is 0 Å². The van der Waals surface area contributed by atoms with Crippen LogP contribution in [0.15, 0.2) is 0 Å². The fourth-order valence-corrected chi connectivity index (χ4v) is 0. The third-order valence-electron chi connectivity index (χ3n) is 0. The number of hydrogen-bond acceptors (Lipinski definition) is 2. The van der Waals surface area contributed by atoms with Crippen LogP contribution < -0.4 is 0 Å². The van der Waals surface area contributed by atoms with Gasteiger partial charge < -0.3 is 5.21 Å². The molecule has 0 saturated heterocycles. The molecule has 0 aliphatic heterocycles. The van der Waals surface area contributed by atoms with Gasteiger partial charge >= 0.3 is 0 Å². The fraction of sp³-hybridized carbons (Fsp3) is 0. The third kappa shape index (κ3) is 128. The van der Waals surface area contributed by atoms with E-state index >= 15 is 0 Å². The molecule has 1 N–H and O–H groups in total. The van der Waals surface area contributed by atoms with Gasteiger partial charge in [-0.05, 0) is 0 Å². The van der Waals surface area contributed by atoms with E-state index in [1.807, 2.05) is 0 Å². The molecule has 2 radical (unpaired) electrons. The topological polar surface area (TPSA) is 63.4 Å². The van der Waals surface area contributed by atoms with Crippen LogP contribution in [0.4, 0.5) is 0 Å². The summed E-state index contributed by atoms with van der Waals surface area (Å²) in [6.45, 7) is 0. The Bertz CT molecular complexity index is 29.9. The molecule has 0 amide bonds. The van der Waals surface area contributed by atoms with E-state index < -0.39 is 5.09 Å². The van der Waals surface area contributed by atoms with E-state index in [0.717, 1.165) is 0 Å². The Kier molecular flexibility index (Phi) is 8.09. The largest absolute Gasteiger partial charge is 0.328 e. The van der Waals surface area contributed by atoms with Crippen molar-refractivity contribution in [3.63, 3.8) is 0 Å². The molecule has 0 aliphatic carbocycles. The molecular weight excluding hydrogens is 102 g/mol. The van der Waals surface area contributed by atoms with Crippen LogP contribution in [0.1, 0.15) is 0 Å². The molecule has 0 aliphatic rings. The van der Waals surface area contributed by atoms with E-state index in [4.69, 9.17) is 15.3 Å². The average molecular weight is 103 g/mol.